The number of benzene rings is 1. The van der Waals surface area contributed by atoms with Gasteiger partial charge in [0.25, 0.3) is 5.91 Å². The number of hydrogen-bond acceptors (Lipinski definition) is 5. The lowest BCUT2D eigenvalue weighted by molar-refractivity contribution is 0.0950. The quantitative estimate of drug-likeness (QED) is 0.719. The molecule has 6 nitrogen and oxygen atoms in total. The Morgan fingerprint density at radius 1 is 1.12 bits per heavy atom. The predicted molar refractivity (Wildman–Crippen MR) is 103 cm³/mol. The number of pyridine rings is 1. The zero-order chi connectivity index (χ0) is 18.9. The minimum Gasteiger partial charge on any atom is -0.493 e. The van der Waals surface area contributed by atoms with Gasteiger partial charge < -0.3 is 20.1 Å². The van der Waals surface area contributed by atoms with Crippen molar-refractivity contribution in [3.8, 4) is 11.5 Å². The average Bonchev–Trinajstić information content (AvgIpc) is 2.66. The molecule has 0 aliphatic rings. The maximum absolute atomic E-state index is 12.3. The molecule has 1 heterocycles. The third-order valence-electron chi connectivity index (χ3n) is 3.95. The van der Waals surface area contributed by atoms with Crippen molar-refractivity contribution in [1.82, 2.24) is 10.3 Å². The number of rotatable bonds is 9. The van der Waals surface area contributed by atoms with Crippen molar-refractivity contribution in [3.63, 3.8) is 0 Å². The number of carbonyl (C=O) groups is 1. The second-order valence-corrected chi connectivity index (χ2v) is 6.41. The summed E-state index contributed by atoms with van der Waals surface area (Å²) < 4.78 is 10.5. The lowest BCUT2D eigenvalue weighted by Crippen LogP contribution is -2.23. The van der Waals surface area contributed by atoms with Crippen LogP contribution < -0.4 is 20.1 Å². The molecule has 0 aliphatic carbocycles. The van der Waals surface area contributed by atoms with E-state index >= 15 is 0 Å². The van der Waals surface area contributed by atoms with Gasteiger partial charge in [-0.1, -0.05) is 19.9 Å². The molecule has 1 amide bonds. The van der Waals surface area contributed by atoms with Crippen LogP contribution in [0.4, 0.5) is 5.82 Å². The smallest absolute Gasteiger partial charge is 0.253 e. The molecule has 1 aromatic carbocycles. The Morgan fingerprint density at radius 2 is 1.88 bits per heavy atom. The van der Waals surface area contributed by atoms with Gasteiger partial charge in [-0.25, -0.2) is 4.98 Å². The van der Waals surface area contributed by atoms with E-state index in [1.165, 1.54) is 0 Å². The first-order valence-corrected chi connectivity index (χ1v) is 8.72. The second kappa shape index (κ2) is 9.65. The van der Waals surface area contributed by atoms with E-state index in [2.05, 4.69) is 29.5 Å². The van der Waals surface area contributed by atoms with Crippen LogP contribution in [0.5, 0.6) is 11.5 Å². The van der Waals surface area contributed by atoms with Gasteiger partial charge in [0, 0.05) is 19.3 Å². The first-order valence-electron chi connectivity index (χ1n) is 8.72. The van der Waals surface area contributed by atoms with Crippen molar-refractivity contribution in [1.29, 1.82) is 0 Å². The van der Waals surface area contributed by atoms with E-state index < -0.39 is 0 Å². The van der Waals surface area contributed by atoms with Crippen LogP contribution >= 0.6 is 0 Å². The lowest BCUT2D eigenvalue weighted by Gasteiger charge is -2.11. The molecule has 0 unspecified atom stereocenters. The summed E-state index contributed by atoms with van der Waals surface area (Å²) in [5.41, 5.74) is 1.45. The van der Waals surface area contributed by atoms with Crippen LogP contribution in [0.25, 0.3) is 0 Å². The highest BCUT2D eigenvalue weighted by molar-refractivity contribution is 5.94. The van der Waals surface area contributed by atoms with Crippen LogP contribution in [0.1, 0.15) is 36.2 Å². The van der Waals surface area contributed by atoms with Crippen LogP contribution in [0.2, 0.25) is 0 Å². The summed E-state index contributed by atoms with van der Waals surface area (Å²) >= 11 is 0. The SMILES string of the molecule is COc1ccc(CNC(=O)c2ccc(NCCC(C)C)nc2)cc1OC. The van der Waals surface area contributed by atoms with Gasteiger partial charge in [-0.3, -0.25) is 4.79 Å². The second-order valence-electron chi connectivity index (χ2n) is 6.41. The van der Waals surface area contributed by atoms with Crippen molar-refractivity contribution < 1.29 is 14.3 Å². The number of nitrogens with zero attached hydrogens (tertiary/aromatic N) is 1. The molecule has 6 heteroatoms. The molecule has 0 saturated carbocycles. The zero-order valence-electron chi connectivity index (χ0n) is 15.8. The minimum absolute atomic E-state index is 0.166. The Kier molecular flexibility index (Phi) is 7.26. The Morgan fingerprint density at radius 3 is 2.50 bits per heavy atom. The monoisotopic (exact) mass is 357 g/mol. The number of nitrogens with one attached hydrogen (secondary N) is 2. The molecule has 0 aliphatic heterocycles. The van der Waals surface area contributed by atoms with Gasteiger partial charge >= 0.3 is 0 Å². The van der Waals surface area contributed by atoms with E-state index in [9.17, 15) is 4.79 Å². The Balaban J connectivity index is 1.89. The summed E-state index contributed by atoms with van der Waals surface area (Å²) in [6, 6.07) is 9.15. The first kappa shape index (κ1) is 19.6. The largest absolute Gasteiger partial charge is 0.493 e. The fraction of sp³-hybridized carbons (Fsp3) is 0.400. The van der Waals surface area contributed by atoms with E-state index in [-0.39, 0.29) is 5.91 Å². The number of anilines is 1. The number of amides is 1. The van der Waals surface area contributed by atoms with E-state index in [4.69, 9.17) is 9.47 Å². The van der Waals surface area contributed by atoms with Crippen molar-refractivity contribution in [3.05, 3.63) is 47.7 Å². The van der Waals surface area contributed by atoms with Crippen LogP contribution in [0, 0.1) is 5.92 Å². The van der Waals surface area contributed by atoms with Crippen LogP contribution in [-0.2, 0) is 6.54 Å². The highest BCUT2D eigenvalue weighted by Crippen LogP contribution is 2.27. The number of ether oxygens (including phenoxy) is 2. The molecule has 2 aromatic rings. The van der Waals surface area contributed by atoms with Crippen LogP contribution in [-0.4, -0.2) is 31.7 Å². The van der Waals surface area contributed by atoms with E-state index in [0.29, 0.717) is 29.5 Å². The predicted octanol–water partition coefficient (Wildman–Crippen LogP) is 3.49. The fourth-order valence-corrected chi connectivity index (χ4v) is 2.40. The third kappa shape index (κ3) is 5.65. The van der Waals surface area contributed by atoms with Gasteiger partial charge in [0.05, 0.1) is 19.8 Å². The van der Waals surface area contributed by atoms with E-state index in [1.54, 1.807) is 26.5 Å². The average molecular weight is 357 g/mol. The highest BCUT2D eigenvalue weighted by atomic mass is 16.5. The Bertz CT molecular complexity index is 715. The molecule has 0 radical (unpaired) electrons. The Hall–Kier alpha value is -2.76. The van der Waals surface area contributed by atoms with Gasteiger partial charge in [-0.2, -0.15) is 0 Å². The highest BCUT2D eigenvalue weighted by Gasteiger charge is 2.08. The molecule has 26 heavy (non-hydrogen) atoms. The zero-order valence-corrected chi connectivity index (χ0v) is 15.8. The van der Waals surface area contributed by atoms with Crippen molar-refractivity contribution in [2.75, 3.05) is 26.1 Å². The molecule has 1 aromatic heterocycles. The normalized spacial score (nSPS) is 10.5. The molecule has 0 saturated heterocycles. The van der Waals surface area contributed by atoms with E-state index in [0.717, 1.165) is 24.3 Å². The topological polar surface area (TPSA) is 72.5 Å². The third-order valence-corrected chi connectivity index (χ3v) is 3.95. The maximum atomic E-state index is 12.3. The number of methoxy groups -OCH3 is 2. The summed E-state index contributed by atoms with van der Waals surface area (Å²) in [5.74, 6) is 2.55. The maximum Gasteiger partial charge on any atom is 0.253 e. The molecule has 2 rings (SSSR count). The van der Waals surface area contributed by atoms with E-state index in [1.807, 2.05) is 24.3 Å². The standard InChI is InChI=1S/C20H27N3O3/c1-14(2)9-10-21-19-8-6-16(13-22-19)20(24)23-12-15-5-7-17(25-3)18(11-15)26-4/h5-8,11,13-14H,9-10,12H2,1-4H3,(H,21,22)(H,23,24). The number of carbonyl (C=O) groups excluding carboxylic acids is 1. The summed E-state index contributed by atoms with van der Waals surface area (Å²) in [7, 11) is 3.18. The van der Waals surface area contributed by atoms with Crippen LogP contribution in [0.15, 0.2) is 36.5 Å². The summed E-state index contributed by atoms with van der Waals surface area (Å²) in [4.78, 5) is 16.6. The van der Waals surface area contributed by atoms with Crippen molar-refractivity contribution in [2.45, 2.75) is 26.8 Å². The van der Waals surface area contributed by atoms with Gasteiger partial charge in [-0.05, 0) is 42.2 Å². The fourth-order valence-electron chi connectivity index (χ4n) is 2.40. The molecular weight excluding hydrogens is 330 g/mol. The molecule has 0 fully saturated rings. The van der Waals surface area contributed by atoms with Gasteiger partial charge in [0.2, 0.25) is 0 Å². The van der Waals surface area contributed by atoms with Crippen molar-refractivity contribution >= 4 is 11.7 Å². The van der Waals surface area contributed by atoms with Crippen molar-refractivity contribution in [2.24, 2.45) is 5.92 Å². The number of hydrogen-bond donors (Lipinski definition) is 2. The first-order chi connectivity index (χ1) is 12.5. The Labute approximate surface area is 154 Å². The van der Waals surface area contributed by atoms with Gasteiger partial charge in [0.15, 0.2) is 11.5 Å². The summed E-state index contributed by atoms with van der Waals surface area (Å²) in [6.07, 6.45) is 2.66. The summed E-state index contributed by atoms with van der Waals surface area (Å²) in [5, 5.41) is 6.14. The molecule has 0 atom stereocenters. The van der Waals surface area contributed by atoms with Gasteiger partial charge in [-0.15, -0.1) is 0 Å². The minimum atomic E-state index is -0.166. The lowest BCUT2D eigenvalue weighted by atomic mass is 10.1. The molecule has 2 N–H and O–H groups in total. The number of aromatic nitrogens is 1. The molecule has 0 spiro atoms. The molecular formula is C20H27N3O3. The summed E-state index contributed by atoms with van der Waals surface area (Å²) in [6.45, 7) is 5.63. The van der Waals surface area contributed by atoms with Crippen LogP contribution in [0.3, 0.4) is 0 Å². The molecule has 140 valence electrons. The van der Waals surface area contributed by atoms with Gasteiger partial charge in [0.1, 0.15) is 5.82 Å². The molecule has 0 bridgehead atoms.